The van der Waals surface area contributed by atoms with Crippen molar-refractivity contribution >= 4 is 11.8 Å². The zero-order valence-corrected chi connectivity index (χ0v) is 14.8. The predicted octanol–water partition coefficient (Wildman–Crippen LogP) is 3.37. The third-order valence-electron chi connectivity index (χ3n) is 3.85. The average molecular weight is 318 g/mol. The summed E-state index contributed by atoms with van der Waals surface area (Å²) >= 11 is 0. The lowest BCUT2D eigenvalue weighted by molar-refractivity contribution is -0.140. The van der Waals surface area contributed by atoms with Gasteiger partial charge in [0.2, 0.25) is 11.8 Å². The molecule has 4 nitrogen and oxygen atoms in total. The van der Waals surface area contributed by atoms with Crippen LogP contribution >= 0.6 is 0 Å². The van der Waals surface area contributed by atoms with E-state index >= 15 is 0 Å². The lowest BCUT2D eigenvalue weighted by Gasteiger charge is -2.29. The van der Waals surface area contributed by atoms with Gasteiger partial charge in [0.1, 0.15) is 6.04 Å². The minimum Gasteiger partial charge on any atom is -0.354 e. The molecule has 1 rings (SSSR count). The molecule has 2 amide bonds. The molecule has 0 saturated heterocycles. The quantitative estimate of drug-likeness (QED) is 0.759. The summed E-state index contributed by atoms with van der Waals surface area (Å²) < 4.78 is 0. The molecule has 1 atom stereocenters. The fourth-order valence-corrected chi connectivity index (χ4v) is 2.35. The molecule has 0 aromatic heterocycles. The molecule has 128 valence electrons. The van der Waals surface area contributed by atoms with Crippen LogP contribution in [0, 0.1) is 5.92 Å². The first-order valence-corrected chi connectivity index (χ1v) is 8.56. The largest absolute Gasteiger partial charge is 0.354 e. The van der Waals surface area contributed by atoms with E-state index in [-0.39, 0.29) is 11.8 Å². The Morgan fingerprint density at radius 2 is 1.78 bits per heavy atom. The monoisotopic (exact) mass is 318 g/mol. The summed E-state index contributed by atoms with van der Waals surface area (Å²) in [4.78, 5) is 26.5. The molecule has 1 N–H and O–H groups in total. The first-order valence-electron chi connectivity index (χ1n) is 8.56. The Morgan fingerprint density at radius 1 is 1.13 bits per heavy atom. The van der Waals surface area contributed by atoms with Gasteiger partial charge in [-0.2, -0.15) is 0 Å². The molecule has 0 fully saturated rings. The predicted molar refractivity (Wildman–Crippen MR) is 93.8 cm³/mol. The molecule has 0 heterocycles. The highest BCUT2D eigenvalue weighted by molar-refractivity contribution is 5.87. The topological polar surface area (TPSA) is 49.4 Å². The molecule has 0 spiro atoms. The molecular weight excluding hydrogens is 288 g/mol. The molecule has 4 heteroatoms. The first kappa shape index (κ1) is 19.2. The van der Waals surface area contributed by atoms with E-state index in [1.54, 1.807) is 11.8 Å². The number of nitrogens with one attached hydrogen (secondary N) is 1. The third-order valence-corrected chi connectivity index (χ3v) is 3.85. The van der Waals surface area contributed by atoms with Crippen molar-refractivity contribution in [1.29, 1.82) is 0 Å². The Hall–Kier alpha value is -1.84. The van der Waals surface area contributed by atoms with Crippen molar-refractivity contribution in [3.63, 3.8) is 0 Å². The first-order chi connectivity index (χ1) is 11.0. The van der Waals surface area contributed by atoms with Crippen molar-refractivity contribution < 1.29 is 9.59 Å². The Balaban J connectivity index is 2.73. The summed E-state index contributed by atoms with van der Waals surface area (Å²) in [7, 11) is 0. The molecule has 0 radical (unpaired) electrons. The van der Waals surface area contributed by atoms with Gasteiger partial charge in [0.25, 0.3) is 0 Å². The van der Waals surface area contributed by atoms with Crippen LogP contribution in [0.3, 0.4) is 0 Å². The van der Waals surface area contributed by atoms with Crippen LogP contribution in [-0.2, 0) is 16.1 Å². The van der Waals surface area contributed by atoms with Crippen LogP contribution in [0.5, 0.6) is 0 Å². The van der Waals surface area contributed by atoms with Crippen molar-refractivity contribution in [1.82, 2.24) is 10.2 Å². The minimum absolute atomic E-state index is 0.0304. The number of benzene rings is 1. The highest BCUT2D eigenvalue weighted by Crippen LogP contribution is 2.11. The number of nitrogens with zero attached hydrogens (tertiary/aromatic N) is 1. The summed E-state index contributed by atoms with van der Waals surface area (Å²) in [6, 6.07) is 9.35. The van der Waals surface area contributed by atoms with E-state index in [0.29, 0.717) is 25.4 Å². The molecule has 23 heavy (non-hydrogen) atoms. The van der Waals surface area contributed by atoms with Crippen LogP contribution in [0.25, 0.3) is 0 Å². The highest BCUT2D eigenvalue weighted by atomic mass is 16.2. The third kappa shape index (κ3) is 6.85. The Kier molecular flexibility index (Phi) is 8.38. The van der Waals surface area contributed by atoms with Crippen molar-refractivity contribution in [3.8, 4) is 0 Å². The Labute approximate surface area is 140 Å². The van der Waals surface area contributed by atoms with Gasteiger partial charge in [0, 0.05) is 19.5 Å². The van der Waals surface area contributed by atoms with Crippen molar-refractivity contribution in [2.24, 2.45) is 5.92 Å². The summed E-state index contributed by atoms with van der Waals surface area (Å²) in [5.41, 5.74) is 1.04. The molecular formula is C19H30N2O2. The van der Waals surface area contributed by atoms with E-state index in [9.17, 15) is 9.59 Å². The van der Waals surface area contributed by atoms with Gasteiger partial charge in [0.15, 0.2) is 0 Å². The van der Waals surface area contributed by atoms with Crippen LogP contribution in [0.4, 0.5) is 0 Å². The van der Waals surface area contributed by atoms with Crippen LogP contribution < -0.4 is 5.32 Å². The number of amides is 2. The SMILES string of the molecule is CCCC(=O)N(Cc1ccccc1)C(C)C(=O)NCCC(C)C. The number of carbonyl (C=O) groups is 2. The van der Waals surface area contributed by atoms with Crippen LogP contribution in [0.2, 0.25) is 0 Å². The molecule has 0 saturated carbocycles. The van der Waals surface area contributed by atoms with E-state index in [1.165, 1.54) is 0 Å². The Bertz CT molecular complexity index is 485. The van der Waals surface area contributed by atoms with Crippen molar-refractivity contribution in [2.75, 3.05) is 6.54 Å². The van der Waals surface area contributed by atoms with E-state index in [1.807, 2.05) is 37.3 Å². The van der Waals surface area contributed by atoms with Gasteiger partial charge in [0.05, 0.1) is 0 Å². The summed E-state index contributed by atoms with van der Waals surface area (Å²) in [6.45, 7) is 9.16. The van der Waals surface area contributed by atoms with Gasteiger partial charge < -0.3 is 10.2 Å². The molecule has 0 bridgehead atoms. The van der Waals surface area contributed by atoms with Crippen LogP contribution in [-0.4, -0.2) is 29.3 Å². The second-order valence-corrected chi connectivity index (χ2v) is 6.41. The number of rotatable bonds is 9. The van der Waals surface area contributed by atoms with Gasteiger partial charge in [-0.25, -0.2) is 0 Å². The van der Waals surface area contributed by atoms with Gasteiger partial charge in [-0.3, -0.25) is 9.59 Å². The highest BCUT2D eigenvalue weighted by Gasteiger charge is 2.25. The van der Waals surface area contributed by atoms with Gasteiger partial charge in [-0.15, -0.1) is 0 Å². The molecule has 0 aliphatic rings. The average Bonchev–Trinajstić information content (AvgIpc) is 2.52. The maximum absolute atomic E-state index is 12.4. The summed E-state index contributed by atoms with van der Waals surface area (Å²) in [5, 5.41) is 2.94. The van der Waals surface area contributed by atoms with Gasteiger partial charge in [-0.05, 0) is 31.2 Å². The van der Waals surface area contributed by atoms with Crippen LogP contribution in [0.15, 0.2) is 30.3 Å². The van der Waals surface area contributed by atoms with E-state index in [4.69, 9.17) is 0 Å². The lowest BCUT2D eigenvalue weighted by atomic mass is 10.1. The van der Waals surface area contributed by atoms with Gasteiger partial charge >= 0.3 is 0 Å². The normalized spacial score (nSPS) is 12.0. The molecule has 1 unspecified atom stereocenters. The van der Waals surface area contributed by atoms with Gasteiger partial charge in [-0.1, -0.05) is 51.1 Å². The fraction of sp³-hybridized carbons (Fsp3) is 0.579. The van der Waals surface area contributed by atoms with E-state index in [0.717, 1.165) is 18.4 Å². The second kappa shape index (κ2) is 10.0. The zero-order valence-electron chi connectivity index (χ0n) is 14.8. The number of hydrogen-bond donors (Lipinski definition) is 1. The van der Waals surface area contributed by atoms with E-state index in [2.05, 4.69) is 19.2 Å². The molecule has 1 aromatic carbocycles. The smallest absolute Gasteiger partial charge is 0.242 e. The summed E-state index contributed by atoms with van der Waals surface area (Å²) in [6.07, 6.45) is 2.20. The zero-order chi connectivity index (χ0) is 17.2. The Morgan fingerprint density at radius 3 is 2.35 bits per heavy atom. The number of hydrogen-bond acceptors (Lipinski definition) is 2. The maximum Gasteiger partial charge on any atom is 0.242 e. The standard InChI is InChI=1S/C19H30N2O2/c1-5-9-18(22)21(14-17-10-7-6-8-11-17)16(4)19(23)20-13-12-15(2)3/h6-8,10-11,15-16H,5,9,12-14H2,1-4H3,(H,20,23). The number of carbonyl (C=O) groups excluding carboxylic acids is 2. The summed E-state index contributed by atoms with van der Waals surface area (Å²) in [5.74, 6) is 0.502. The molecule has 0 aliphatic heterocycles. The van der Waals surface area contributed by atoms with E-state index < -0.39 is 6.04 Å². The van der Waals surface area contributed by atoms with Crippen LogP contribution in [0.1, 0.15) is 52.5 Å². The fourth-order valence-electron chi connectivity index (χ4n) is 2.35. The lowest BCUT2D eigenvalue weighted by Crippen LogP contribution is -2.47. The second-order valence-electron chi connectivity index (χ2n) is 6.41. The minimum atomic E-state index is -0.457. The van der Waals surface area contributed by atoms with Crippen molar-refractivity contribution in [3.05, 3.63) is 35.9 Å². The maximum atomic E-state index is 12.4. The molecule has 1 aromatic rings. The van der Waals surface area contributed by atoms with Crippen molar-refractivity contribution in [2.45, 2.75) is 59.5 Å². The molecule has 0 aliphatic carbocycles.